The van der Waals surface area contributed by atoms with Crippen LogP contribution in [0.4, 0.5) is 8.78 Å². The van der Waals surface area contributed by atoms with Crippen molar-refractivity contribution in [2.24, 2.45) is 5.92 Å². The second kappa shape index (κ2) is 5.39. The molecule has 2 atom stereocenters. The molecule has 1 aliphatic carbocycles. The Bertz CT molecular complexity index is 260. The fraction of sp³-hybridized carbons (Fsp3) is 0.778. The van der Waals surface area contributed by atoms with Crippen molar-refractivity contribution in [3.8, 4) is 0 Å². The molecule has 1 aliphatic rings. The molecule has 0 bridgehead atoms. The first-order valence-electron chi connectivity index (χ1n) is 4.73. The fourth-order valence-electron chi connectivity index (χ4n) is 1.86. The number of hydrogen-bond donors (Lipinski definition) is 1. The molecule has 0 aliphatic heterocycles. The Labute approximate surface area is 91.2 Å². The highest BCUT2D eigenvalue weighted by Gasteiger charge is 2.34. The van der Waals surface area contributed by atoms with E-state index in [2.05, 4.69) is 5.32 Å². The summed E-state index contributed by atoms with van der Waals surface area (Å²) in [5.74, 6) is -2.03. The van der Waals surface area contributed by atoms with E-state index in [0.717, 1.165) is 6.42 Å². The Hall–Kier alpha value is -0.710. The molecule has 0 aromatic heterocycles. The summed E-state index contributed by atoms with van der Waals surface area (Å²) in [5, 5.41) is 2.18. The summed E-state index contributed by atoms with van der Waals surface area (Å²) >= 11 is 5.39. The van der Waals surface area contributed by atoms with Gasteiger partial charge in [-0.2, -0.15) is 8.78 Å². The molecular weight excluding hydrogens is 228 g/mol. The first kappa shape index (κ1) is 12.4. The van der Waals surface area contributed by atoms with Crippen LogP contribution in [0.15, 0.2) is 0 Å². The van der Waals surface area contributed by atoms with Gasteiger partial charge in [0.25, 0.3) is 5.91 Å². The number of alkyl halides is 3. The van der Waals surface area contributed by atoms with Gasteiger partial charge < -0.3 is 5.32 Å². The van der Waals surface area contributed by atoms with Crippen molar-refractivity contribution in [2.45, 2.75) is 31.7 Å². The highest BCUT2D eigenvalue weighted by Crippen LogP contribution is 2.27. The molecule has 0 aromatic rings. The van der Waals surface area contributed by atoms with Gasteiger partial charge in [0.15, 0.2) is 5.78 Å². The number of rotatable bonds is 4. The van der Waals surface area contributed by atoms with Crippen LogP contribution in [0.2, 0.25) is 0 Å². The van der Waals surface area contributed by atoms with Crippen molar-refractivity contribution in [2.75, 3.05) is 5.88 Å². The molecule has 0 aromatic carbocycles. The normalized spacial score (nSPS) is 25.6. The van der Waals surface area contributed by atoms with E-state index in [9.17, 15) is 18.4 Å². The topological polar surface area (TPSA) is 46.2 Å². The van der Waals surface area contributed by atoms with Gasteiger partial charge in [0.1, 0.15) is 0 Å². The molecule has 2 unspecified atom stereocenters. The monoisotopic (exact) mass is 239 g/mol. The molecule has 1 amide bonds. The molecule has 86 valence electrons. The average molecular weight is 240 g/mol. The van der Waals surface area contributed by atoms with Gasteiger partial charge in [0.05, 0.1) is 5.88 Å². The number of Topliss-reactive ketones (excluding diaryl/α,β-unsaturated/α-hetero) is 1. The van der Waals surface area contributed by atoms with Gasteiger partial charge in [0, 0.05) is 12.0 Å². The number of ketones is 1. The number of amides is 1. The summed E-state index contributed by atoms with van der Waals surface area (Å²) in [6.07, 6.45) is -1.11. The van der Waals surface area contributed by atoms with Crippen LogP contribution in [0.1, 0.15) is 19.3 Å². The summed E-state index contributed by atoms with van der Waals surface area (Å²) in [4.78, 5) is 22.1. The first-order chi connectivity index (χ1) is 7.06. The molecule has 0 saturated heterocycles. The van der Waals surface area contributed by atoms with Crippen molar-refractivity contribution in [1.82, 2.24) is 5.32 Å². The maximum atomic E-state index is 12.0. The van der Waals surface area contributed by atoms with Gasteiger partial charge in [-0.05, 0) is 12.8 Å². The van der Waals surface area contributed by atoms with E-state index in [1.807, 2.05) is 0 Å². The smallest absolute Gasteiger partial charge is 0.315 e. The maximum Gasteiger partial charge on any atom is 0.315 e. The van der Waals surface area contributed by atoms with Crippen LogP contribution in [-0.4, -0.2) is 30.0 Å². The fourth-order valence-corrected chi connectivity index (χ4v) is 2.06. The van der Waals surface area contributed by atoms with Crippen LogP contribution in [0, 0.1) is 5.92 Å². The Kier molecular flexibility index (Phi) is 4.45. The van der Waals surface area contributed by atoms with Gasteiger partial charge in [-0.15, -0.1) is 11.6 Å². The third kappa shape index (κ3) is 3.12. The molecule has 0 spiro atoms. The van der Waals surface area contributed by atoms with Gasteiger partial charge in [-0.3, -0.25) is 9.59 Å². The summed E-state index contributed by atoms with van der Waals surface area (Å²) < 4.78 is 23.9. The van der Waals surface area contributed by atoms with Crippen LogP contribution in [0.25, 0.3) is 0 Å². The van der Waals surface area contributed by atoms with Crippen molar-refractivity contribution in [3.63, 3.8) is 0 Å². The Morgan fingerprint density at radius 3 is 2.60 bits per heavy atom. The largest absolute Gasteiger partial charge is 0.348 e. The zero-order valence-corrected chi connectivity index (χ0v) is 8.77. The van der Waals surface area contributed by atoms with Gasteiger partial charge in [-0.1, -0.05) is 6.42 Å². The van der Waals surface area contributed by atoms with Crippen LogP contribution in [-0.2, 0) is 9.59 Å². The lowest BCUT2D eigenvalue weighted by atomic mass is 9.99. The number of carbonyl (C=O) groups excluding carboxylic acids is 2. The number of nitrogens with one attached hydrogen (secondary N) is 1. The number of carbonyl (C=O) groups is 2. The van der Waals surface area contributed by atoms with E-state index in [4.69, 9.17) is 11.6 Å². The average Bonchev–Trinajstić information content (AvgIpc) is 2.64. The molecule has 6 heteroatoms. The standard InChI is InChI=1S/C9H12ClF2NO2/c10-4-7(14)5-2-1-3-6(5)13-9(15)8(11)12/h5-6,8H,1-4H2,(H,13,15). The van der Waals surface area contributed by atoms with E-state index in [1.54, 1.807) is 0 Å². The molecule has 0 radical (unpaired) electrons. The first-order valence-corrected chi connectivity index (χ1v) is 5.27. The Morgan fingerprint density at radius 1 is 1.40 bits per heavy atom. The highest BCUT2D eigenvalue weighted by molar-refractivity contribution is 6.28. The summed E-state index contributed by atoms with van der Waals surface area (Å²) in [7, 11) is 0. The van der Waals surface area contributed by atoms with E-state index in [1.165, 1.54) is 0 Å². The molecule has 1 fully saturated rings. The zero-order chi connectivity index (χ0) is 11.4. The second-order valence-electron chi connectivity index (χ2n) is 3.55. The van der Waals surface area contributed by atoms with Gasteiger partial charge >= 0.3 is 6.43 Å². The minimum absolute atomic E-state index is 0.133. The van der Waals surface area contributed by atoms with Crippen LogP contribution in [0.3, 0.4) is 0 Å². The van der Waals surface area contributed by atoms with Crippen LogP contribution >= 0.6 is 11.6 Å². The molecule has 1 N–H and O–H groups in total. The lowest BCUT2D eigenvalue weighted by Gasteiger charge is -2.18. The van der Waals surface area contributed by atoms with Crippen molar-refractivity contribution < 1.29 is 18.4 Å². The SMILES string of the molecule is O=C(NC1CCCC1C(=O)CCl)C(F)F. The van der Waals surface area contributed by atoms with E-state index in [-0.39, 0.29) is 11.7 Å². The summed E-state index contributed by atoms with van der Waals surface area (Å²) in [5.41, 5.74) is 0. The maximum absolute atomic E-state index is 12.0. The van der Waals surface area contributed by atoms with Crippen molar-refractivity contribution in [1.29, 1.82) is 0 Å². The molecular formula is C9H12ClF2NO2. The Balaban J connectivity index is 2.53. The zero-order valence-electron chi connectivity index (χ0n) is 8.01. The quantitative estimate of drug-likeness (QED) is 0.753. The summed E-state index contributed by atoms with van der Waals surface area (Å²) in [6.45, 7) is 0. The predicted octanol–water partition coefficient (Wildman–Crippen LogP) is 1.34. The minimum atomic E-state index is -3.03. The molecule has 1 saturated carbocycles. The highest BCUT2D eigenvalue weighted by atomic mass is 35.5. The lowest BCUT2D eigenvalue weighted by Crippen LogP contribution is -2.43. The third-order valence-electron chi connectivity index (χ3n) is 2.59. The lowest BCUT2D eigenvalue weighted by molar-refractivity contribution is -0.133. The second-order valence-corrected chi connectivity index (χ2v) is 3.82. The third-order valence-corrected chi connectivity index (χ3v) is 2.85. The Morgan fingerprint density at radius 2 is 2.07 bits per heavy atom. The van der Waals surface area contributed by atoms with E-state index < -0.39 is 24.3 Å². The van der Waals surface area contributed by atoms with Crippen LogP contribution < -0.4 is 5.32 Å². The van der Waals surface area contributed by atoms with E-state index >= 15 is 0 Å². The van der Waals surface area contributed by atoms with Crippen molar-refractivity contribution >= 4 is 23.3 Å². The number of halogens is 3. The number of hydrogen-bond acceptors (Lipinski definition) is 2. The predicted molar refractivity (Wildman–Crippen MR) is 51.0 cm³/mol. The molecule has 3 nitrogen and oxygen atoms in total. The molecule has 0 heterocycles. The minimum Gasteiger partial charge on any atom is -0.348 e. The van der Waals surface area contributed by atoms with Gasteiger partial charge in [0.2, 0.25) is 0 Å². The van der Waals surface area contributed by atoms with Crippen molar-refractivity contribution in [3.05, 3.63) is 0 Å². The summed E-state index contributed by atoms with van der Waals surface area (Å²) in [6, 6.07) is -0.474. The van der Waals surface area contributed by atoms with E-state index in [0.29, 0.717) is 12.8 Å². The van der Waals surface area contributed by atoms with Gasteiger partial charge in [-0.25, -0.2) is 0 Å². The molecule has 1 rings (SSSR count). The molecule has 15 heavy (non-hydrogen) atoms. The van der Waals surface area contributed by atoms with Crippen LogP contribution in [0.5, 0.6) is 0 Å².